The molecule has 0 saturated heterocycles. The molecule has 1 aromatic rings. The van der Waals surface area contributed by atoms with Crippen LogP contribution in [-0.4, -0.2) is 22.3 Å². The zero-order chi connectivity index (χ0) is 15.6. The highest BCUT2D eigenvalue weighted by atomic mass is 16.6. The molecule has 1 heterocycles. The molecule has 7 nitrogen and oxygen atoms in total. The Hall–Kier alpha value is -2.70. The molecule has 0 aliphatic carbocycles. The predicted molar refractivity (Wildman–Crippen MR) is 73.4 cm³/mol. The van der Waals surface area contributed by atoms with Crippen molar-refractivity contribution in [1.82, 2.24) is 5.32 Å². The van der Waals surface area contributed by atoms with E-state index in [0.717, 1.165) is 0 Å². The quantitative estimate of drug-likeness (QED) is 0.521. The number of benzene rings is 1. The highest BCUT2D eigenvalue weighted by molar-refractivity contribution is 5.95. The second kappa shape index (κ2) is 5.35. The van der Waals surface area contributed by atoms with E-state index < -0.39 is 16.4 Å². The molecule has 1 aliphatic heterocycles. The Labute approximate surface area is 120 Å². The van der Waals surface area contributed by atoms with Crippen LogP contribution in [0.3, 0.4) is 0 Å². The van der Waals surface area contributed by atoms with Gasteiger partial charge < -0.3 is 10.1 Å². The molecule has 110 valence electrons. The van der Waals surface area contributed by atoms with Crippen LogP contribution in [0.15, 0.2) is 36.1 Å². The van der Waals surface area contributed by atoms with Crippen molar-refractivity contribution in [2.45, 2.75) is 25.8 Å². The third kappa shape index (κ3) is 3.44. The third-order valence-electron chi connectivity index (χ3n) is 2.91. The molecule has 0 radical (unpaired) electrons. The molecule has 1 aliphatic rings. The predicted octanol–water partition coefficient (Wildman–Crippen LogP) is 1.93. The maximum atomic E-state index is 12.1. The molecule has 1 amide bonds. The Bertz CT molecular complexity index is 649. The number of esters is 1. The van der Waals surface area contributed by atoms with Gasteiger partial charge in [-0.3, -0.25) is 14.9 Å². The summed E-state index contributed by atoms with van der Waals surface area (Å²) in [6, 6.07) is 5.51. The lowest BCUT2D eigenvalue weighted by Gasteiger charge is -2.30. The van der Waals surface area contributed by atoms with Crippen molar-refractivity contribution in [1.29, 1.82) is 0 Å². The van der Waals surface area contributed by atoms with E-state index in [2.05, 4.69) is 5.32 Å². The molecule has 0 bridgehead atoms. The highest BCUT2D eigenvalue weighted by Crippen LogP contribution is 2.24. The molecule has 1 N–H and O–H groups in total. The summed E-state index contributed by atoms with van der Waals surface area (Å²) in [6.45, 7) is 3.58. The van der Waals surface area contributed by atoms with Crippen molar-refractivity contribution in [3.05, 3.63) is 51.8 Å². The standard InChI is InChI=1S/C14H14N2O5/c1-14(2)8-9(7-12(17)15-14)21-13(18)10-5-3-4-6-11(10)16(19)20/h3-7H,8H2,1-2H3,(H,15,17). The first-order valence-electron chi connectivity index (χ1n) is 6.27. The molecule has 0 fully saturated rings. The Kier molecular flexibility index (Phi) is 3.75. The first kappa shape index (κ1) is 14.7. The second-order valence-corrected chi connectivity index (χ2v) is 5.32. The minimum atomic E-state index is -0.848. The van der Waals surface area contributed by atoms with Gasteiger partial charge in [-0.1, -0.05) is 12.1 Å². The Morgan fingerprint density at radius 2 is 2.05 bits per heavy atom. The molecule has 1 aromatic carbocycles. The molecule has 7 heteroatoms. The van der Waals surface area contributed by atoms with Crippen LogP contribution >= 0.6 is 0 Å². The van der Waals surface area contributed by atoms with Crippen LogP contribution in [0.2, 0.25) is 0 Å². The van der Waals surface area contributed by atoms with E-state index in [4.69, 9.17) is 4.74 Å². The fourth-order valence-corrected chi connectivity index (χ4v) is 2.09. The van der Waals surface area contributed by atoms with Gasteiger partial charge in [0.1, 0.15) is 11.3 Å². The largest absolute Gasteiger partial charge is 0.427 e. The van der Waals surface area contributed by atoms with Gasteiger partial charge in [0.2, 0.25) is 5.91 Å². The number of para-hydroxylation sites is 1. The van der Waals surface area contributed by atoms with Gasteiger partial charge in [0, 0.05) is 24.1 Å². The second-order valence-electron chi connectivity index (χ2n) is 5.32. The van der Waals surface area contributed by atoms with Crippen LogP contribution < -0.4 is 5.32 Å². The van der Waals surface area contributed by atoms with Gasteiger partial charge in [-0.25, -0.2) is 4.79 Å². The molecule has 21 heavy (non-hydrogen) atoms. The number of ether oxygens (including phenoxy) is 1. The normalized spacial score (nSPS) is 16.7. The van der Waals surface area contributed by atoms with Crippen molar-refractivity contribution in [2.75, 3.05) is 0 Å². The number of carbonyl (C=O) groups excluding carboxylic acids is 2. The van der Waals surface area contributed by atoms with Crippen LogP contribution in [0.25, 0.3) is 0 Å². The Balaban J connectivity index is 2.23. The van der Waals surface area contributed by atoms with Gasteiger partial charge in [-0.2, -0.15) is 0 Å². The van der Waals surface area contributed by atoms with Crippen molar-refractivity contribution < 1.29 is 19.2 Å². The first-order chi connectivity index (χ1) is 9.78. The average Bonchev–Trinajstić information content (AvgIpc) is 2.36. The van der Waals surface area contributed by atoms with Gasteiger partial charge in [0.25, 0.3) is 5.69 Å². The van der Waals surface area contributed by atoms with Gasteiger partial charge in [-0.05, 0) is 19.9 Å². The number of nitrogens with zero attached hydrogens (tertiary/aromatic N) is 1. The van der Waals surface area contributed by atoms with Crippen molar-refractivity contribution in [3.63, 3.8) is 0 Å². The van der Waals surface area contributed by atoms with E-state index in [0.29, 0.717) is 6.42 Å². The number of nitrogens with one attached hydrogen (secondary N) is 1. The molecule has 0 saturated carbocycles. The Morgan fingerprint density at radius 3 is 2.67 bits per heavy atom. The van der Waals surface area contributed by atoms with Gasteiger partial charge in [0.05, 0.1) is 4.92 Å². The third-order valence-corrected chi connectivity index (χ3v) is 2.91. The number of carbonyl (C=O) groups is 2. The monoisotopic (exact) mass is 290 g/mol. The Morgan fingerprint density at radius 1 is 1.38 bits per heavy atom. The minimum absolute atomic E-state index is 0.146. The van der Waals surface area contributed by atoms with Crippen LogP contribution in [0.1, 0.15) is 30.6 Å². The zero-order valence-electron chi connectivity index (χ0n) is 11.6. The maximum absolute atomic E-state index is 12.1. The van der Waals surface area contributed by atoms with E-state index in [1.165, 1.54) is 30.3 Å². The van der Waals surface area contributed by atoms with E-state index in [9.17, 15) is 19.7 Å². The van der Waals surface area contributed by atoms with Crippen LogP contribution in [-0.2, 0) is 9.53 Å². The smallest absolute Gasteiger partial charge is 0.350 e. The number of nitro groups is 1. The summed E-state index contributed by atoms with van der Waals surface area (Å²) in [6.07, 6.45) is 1.50. The summed E-state index contributed by atoms with van der Waals surface area (Å²) in [4.78, 5) is 33.8. The number of amides is 1. The molecular weight excluding hydrogens is 276 g/mol. The molecule has 0 unspecified atom stereocenters. The van der Waals surface area contributed by atoms with E-state index >= 15 is 0 Å². The summed E-state index contributed by atoms with van der Waals surface area (Å²) in [5, 5.41) is 13.6. The van der Waals surface area contributed by atoms with Crippen LogP contribution in [0, 0.1) is 10.1 Å². The van der Waals surface area contributed by atoms with Crippen molar-refractivity contribution in [3.8, 4) is 0 Å². The zero-order valence-corrected chi connectivity index (χ0v) is 11.6. The fourth-order valence-electron chi connectivity index (χ4n) is 2.09. The molecule has 0 atom stereocenters. The van der Waals surface area contributed by atoms with Crippen molar-refractivity contribution >= 4 is 17.6 Å². The van der Waals surface area contributed by atoms with E-state index in [1.54, 1.807) is 13.8 Å². The number of nitro benzene ring substituents is 1. The summed E-state index contributed by atoms with van der Waals surface area (Å²) in [5.74, 6) is -1.03. The average molecular weight is 290 g/mol. The topological polar surface area (TPSA) is 98.5 Å². The summed E-state index contributed by atoms with van der Waals surface area (Å²) >= 11 is 0. The first-order valence-corrected chi connectivity index (χ1v) is 6.27. The molecule has 2 rings (SSSR count). The number of hydrogen-bond acceptors (Lipinski definition) is 5. The highest BCUT2D eigenvalue weighted by Gasteiger charge is 2.30. The van der Waals surface area contributed by atoms with Crippen LogP contribution in [0.5, 0.6) is 0 Å². The molecule has 0 spiro atoms. The number of hydrogen-bond donors (Lipinski definition) is 1. The van der Waals surface area contributed by atoms with Crippen LogP contribution in [0.4, 0.5) is 5.69 Å². The van der Waals surface area contributed by atoms with Gasteiger partial charge in [-0.15, -0.1) is 0 Å². The number of rotatable bonds is 3. The summed E-state index contributed by atoms with van der Waals surface area (Å²) < 4.78 is 5.13. The van der Waals surface area contributed by atoms with E-state index in [-0.39, 0.29) is 22.9 Å². The van der Waals surface area contributed by atoms with E-state index in [1.807, 2.05) is 0 Å². The summed E-state index contributed by atoms with van der Waals surface area (Å²) in [7, 11) is 0. The fraction of sp³-hybridized carbons (Fsp3) is 0.286. The lowest BCUT2D eigenvalue weighted by Crippen LogP contribution is -2.46. The van der Waals surface area contributed by atoms with Crippen molar-refractivity contribution in [2.24, 2.45) is 0 Å². The lowest BCUT2D eigenvalue weighted by atomic mass is 9.96. The summed E-state index contributed by atoms with van der Waals surface area (Å²) in [5.41, 5.74) is -1.01. The molecule has 0 aromatic heterocycles. The minimum Gasteiger partial charge on any atom is -0.427 e. The van der Waals surface area contributed by atoms with Gasteiger partial charge >= 0.3 is 5.97 Å². The maximum Gasteiger partial charge on any atom is 0.350 e. The lowest BCUT2D eigenvalue weighted by molar-refractivity contribution is -0.385. The van der Waals surface area contributed by atoms with Gasteiger partial charge in [0.15, 0.2) is 0 Å². The molecular formula is C14H14N2O5. The SMILES string of the molecule is CC1(C)CC(OC(=O)c2ccccc2[N+](=O)[O-])=CC(=O)N1.